The molecule has 0 aliphatic carbocycles. The van der Waals surface area contributed by atoms with E-state index in [1.165, 1.54) is 12.4 Å². The van der Waals surface area contributed by atoms with Crippen molar-refractivity contribution in [2.45, 2.75) is 51.7 Å². The lowest BCUT2D eigenvalue weighted by Crippen LogP contribution is -2.53. The summed E-state index contributed by atoms with van der Waals surface area (Å²) in [5.74, 6) is -0.0780. The van der Waals surface area contributed by atoms with Crippen molar-refractivity contribution >= 4 is 18.5 Å². The van der Waals surface area contributed by atoms with Crippen LogP contribution in [0.3, 0.4) is 0 Å². The Morgan fingerprint density at radius 3 is 2.43 bits per heavy atom. The number of likely N-dealkylation sites (tertiary alicyclic amines) is 1. The predicted molar refractivity (Wildman–Crippen MR) is 88.4 cm³/mol. The number of carbonyl (C=O) groups is 1. The van der Waals surface area contributed by atoms with Gasteiger partial charge in [-0.1, -0.05) is 0 Å². The van der Waals surface area contributed by atoms with Gasteiger partial charge < -0.3 is 19.7 Å². The zero-order valence-corrected chi connectivity index (χ0v) is 14.2. The first-order valence-corrected chi connectivity index (χ1v) is 7.94. The molecule has 0 atom stereocenters. The van der Waals surface area contributed by atoms with Gasteiger partial charge in [0.2, 0.25) is 0 Å². The number of hydrogen-bond donors (Lipinski definition) is 2. The summed E-state index contributed by atoms with van der Waals surface area (Å²) in [7, 11) is -1.27. The normalized spacial score (nSPS) is 15.8. The number of rotatable bonds is 5. The Morgan fingerprint density at radius 2 is 1.87 bits per heavy atom. The van der Waals surface area contributed by atoms with E-state index in [0.29, 0.717) is 11.0 Å². The highest BCUT2D eigenvalue weighted by Gasteiger charge is 2.39. The lowest BCUT2D eigenvalue weighted by molar-refractivity contribution is -0.0982. The first-order chi connectivity index (χ1) is 10.6. The summed E-state index contributed by atoms with van der Waals surface area (Å²) in [6.45, 7) is 8.14. The molecule has 1 fully saturated rings. The van der Waals surface area contributed by atoms with Gasteiger partial charge in [-0.2, -0.15) is 0 Å². The van der Waals surface area contributed by atoms with E-state index < -0.39 is 18.3 Å². The van der Waals surface area contributed by atoms with Crippen molar-refractivity contribution in [3.8, 4) is 0 Å². The molecule has 0 saturated carbocycles. The molecular formula is C16H25BN2O4. The Labute approximate surface area is 137 Å². The van der Waals surface area contributed by atoms with E-state index in [1.54, 1.807) is 38.7 Å². The molecule has 0 bridgehead atoms. The van der Waals surface area contributed by atoms with Crippen LogP contribution < -0.4 is 5.46 Å². The summed E-state index contributed by atoms with van der Waals surface area (Å²) in [5, 5.41) is 20.4. The minimum atomic E-state index is -1.27. The molecule has 1 aromatic heterocycles. The molecule has 0 unspecified atom stereocenters. The molecule has 0 spiro atoms. The molecule has 126 valence electrons. The zero-order valence-electron chi connectivity index (χ0n) is 14.2. The minimum Gasteiger partial charge on any atom is -0.423 e. The Bertz CT molecular complexity index is 565. The minimum absolute atomic E-state index is 0.0780. The molecule has 1 saturated heterocycles. The van der Waals surface area contributed by atoms with Gasteiger partial charge in [-0.05, 0) is 46.6 Å². The van der Waals surface area contributed by atoms with Crippen LogP contribution in [-0.2, 0) is 4.65 Å². The van der Waals surface area contributed by atoms with Crippen molar-refractivity contribution in [3.05, 3.63) is 24.0 Å². The Balaban J connectivity index is 2.14. The number of nitrogens with zero attached hydrogens (tertiary/aromatic N) is 2. The maximum absolute atomic E-state index is 12.4. The summed E-state index contributed by atoms with van der Waals surface area (Å²) in [6, 6.07) is 1.60. The van der Waals surface area contributed by atoms with Gasteiger partial charge in [-0.3, -0.25) is 9.78 Å². The fourth-order valence-electron chi connectivity index (χ4n) is 2.30. The molecule has 2 rings (SSSR count). The van der Waals surface area contributed by atoms with Crippen LogP contribution in [0.25, 0.3) is 0 Å². The average molecular weight is 320 g/mol. The highest BCUT2D eigenvalue weighted by molar-refractivity contribution is 6.60. The maximum atomic E-state index is 12.4. The highest BCUT2D eigenvalue weighted by atomic mass is 16.5. The number of carbonyl (C=O) groups excluding carboxylic acids is 1. The van der Waals surface area contributed by atoms with Crippen molar-refractivity contribution in [1.29, 1.82) is 0 Å². The lowest BCUT2D eigenvalue weighted by atomic mass is 9.77. The third-order valence-electron chi connectivity index (χ3n) is 4.56. The van der Waals surface area contributed by atoms with E-state index in [2.05, 4.69) is 4.98 Å². The Hall–Kier alpha value is -1.44. The van der Waals surface area contributed by atoms with Crippen LogP contribution >= 0.6 is 0 Å². The molecule has 1 aliphatic rings. The second-order valence-corrected chi connectivity index (χ2v) is 7.05. The molecule has 0 aromatic carbocycles. The maximum Gasteiger partial charge on any atom is 0.493 e. The van der Waals surface area contributed by atoms with Gasteiger partial charge >= 0.3 is 7.12 Å². The molecule has 6 nitrogen and oxygen atoms in total. The Morgan fingerprint density at radius 1 is 1.26 bits per heavy atom. The SMILES string of the molecule is CC(C)(O)C(C)(C)OB(O)c1cncc(C(=O)N2CCCC2)c1. The number of aromatic nitrogens is 1. The largest absolute Gasteiger partial charge is 0.493 e. The van der Waals surface area contributed by atoms with Crippen molar-refractivity contribution in [1.82, 2.24) is 9.88 Å². The van der Waals surface area contributed by atoms with Crippen molar-refractivity contribution in [2.24, 2.45) is 0 Å². The first kappa shape index (κ1) is 17.9. The quantitative estimate of drug-likeness (QED) is 0.775. The van der Waals surface area contributed by atoms with E-state index >= 15 is 0 Å². The van der Waals surface area contributed by atoms with E-state index in [9.17, 15) is 14.9 Å². The monoisotopic (exact) mass is 320 g/mol. The molecule has 2 N–H and O–H groups in total. The second-order valence-electron chi connectivity index (χ2n) is 7.05. The number of hydrogen-bond acceptors (Lipinski definition) is 5. The fourth-order valence-corrected chi connectivity index (χ4v) is 2.30. The van der Waals surface area contributed by atoms with Crippen LogP contribution in [0.4, 0.5) is 0 Å². The van der Waals surface area contributed by atoms with Crippen LogP contribution in [-0.4, -0.2) is 57.3 Å². The van der Waals surface area contributed by atoms with E-state index in [0.717, 1.165) is 25.9 Å². The van der Waals surface area contributed by atoms with Crippen LogP contribution in [0.15, 0.2) is 18.5 Å². The Kier molecular flexibility index (Phi) is 5.13. The summed E-state index contributed by atoms with van der Waals surface area (Å²) in [5.41, 5.74) is -1.27. The molecule has 1 aliphatic heterocycles. The summed E-state index contributed by atoms with van der Waals surface area (Å²) in [6.07, 6.45) is 5.00. The van der Waals surface area contributed by atoms with Crippen LogP contribution in [0.2, 0.25) is 0 Å². The molecule has 0 radical (unpaired) electrons. The zero-order chi connectivity index (χ0) is 17.3. The predicted octanol–water partition coefficient (Wildman–Crippen LogP) is 0.571. The van der Waals surface area contributed by atoms with Crippen molar-refractivity contribution < 1.29 is 19.6 Å². The molecule has 1 amide bonds. The van der Waals surface area contributed by atoms with Gasteiger partial charge in [0.1, 0.15) is 0 Å². The average Bonchev–Trinajstić information content (AvgIpc) is 2.99. The first-order valence-electron chi connectivity index (χ1n) is 7.94. The molecule has 1 aromatic rings. The van der Waals surface area contributed by atoms with Gasteiger partial charge in [0.15, 0.2) is 0 Å². The topological polar surface area (TPSA) is 82.9 Å². The van der Waals surface area contributed by atoms with Gasteiger partial charge in [0.25, 0.3) is 5.91 Å². The molecule has 7 heteroatoms. The number of pyridine rings is 1. The number of aliphatic hydroxyl groups is 1. The number of amides is 1. The van der Waals surface area contributed by atoms with Crippen molar-refractivity contribution in [2.75, 3.05) is 13.1 Å². The standard InChI is InChI=1S/C16H25BN2O4/c1-15(2,21)16(3,4)23-17(22)13-9-12(10-18-11-13)14(20)19-7-5-6-8-19/h9-11,21-22H,5-8H2,1-4H3. The van der Waals surface area contributed by atoms with Gasteiger partial charge in [0.05, 0.1) is 16.8 Å². The van der Waals surface area contributed by atoms with Gasteiger partial charge in [-0.25, -0.2) is 0 Å². The smallest absolute Gasteiger partial charge is 0.423 e. The third kappa shape index (κ3) is 4.10. The molecule has 2 heterocycles. The van der Waals surface area contributed by atoms with E-state index in [4.69, 9.17) is 4.65 Å². The van der Waals surface area contributed by atoms with Crippen LogP contribution in [0, 0.1) is 0 Å². The second kappa shape index (κ2) is 6.59. The van der Waals surface area contributed by atoms with Gasteiger partial charge in [-0.15, -0.1) is 0 Å². The van der Waals surface area contributed by atoms with Crippen LogP contribution in [0.1, 0.15) is 50.9 Å². The van der Waals surface area contributed by atoms with E-state index in [1.807, 2.05) is 0 Å². The van der Waals surface area contributed by atoms with Crippen LogP contribution in [0.5, 0.6) is 0 Å². The van der Waals surface area contributed by atoms with Gasteiger partial charge in [0, 0.05) is 30.9 Å². The van der Waals surface area contributed by atoms with Crippen molar-refractivity contribution in [3.63, 3.8) is 0 Å². The molecule has 23 heavy (non-hydrogen) atoms. The lowest BCUT2D eigenvalue weighted by Gasteiger charge is -2.38. The summed E-state index contributed by atoms with van der Waals surface area (Å²) >= 11 is 0. The van der Waals surface area contributed by atoms with E-state index in [-0.39, 0.29) is 5.91 Å². The fraction of sp³-hybridized carbons (Fsp3) is 0.625. The third-order valence-corrected chi connectivity index (χ3v) is 4.56. The summed E-state index contributed by atoms with van der Waals surface area (Å²) in [4.78, 5) is 18.2. The highest BCUT2D eigenvalue weighted by Crippen LogP contribution is 2.25. The summed E-state index contributed by atoms with van der Waals surface area (Å²) < 4.78 is 5.59. The molecular weight excluding hydrogens is 295 g/mol.